The zero-order valence-electron chi connectivity index (χ0n) is 19.7. The molecule has 0 saturated carbocycles. The fraction of sp³-hybridized carbons (Fsp3) is 0.458. The van der Waals surface area contributed by atoms with Crippen molar-refractivity contribution in [2.75, 3.05) is 13.7 Å². The van der Waals surface area contributed by atoms with Gasteiger partial charge in [-0.15, -0.1) is 6.58 Å². The van der Waals surface area contributed by atoms with Gasteiger partial charge in [0.1, 0.15) is 37.0 Å². The lowest BCUT2D eigenvalue weighted by Crippen LogP contribution is -2.60. The minimum Gasteiger partial charge on any atom is -0.477 e. The summed E-state index contributed by atoms with van der Waals surface area (Å²) in [5.41, 5.74) is 0.743. The van der Waals surface area contributed by atoms with Gasteiger partial charge < -0.3 is 44.5 Å². The number of carbonyl (C=O) groups excluding carboxylic acids is 1. The van der Waals surface area contributed by atoms with E-state index >= 15 is 0 Å². The fourth-order valence-electron chi connectivity index (χ4n) is 4.08. The number of methoxy groups -OCH3 is 1. The first-order chi connectivity index (χ1) is 17.1. The first-order valence-corrected chi connectivity index (χ1v) is 11.1. The Morgan fingerprint density at radius 3 is 2.50 bits per heavy atom. The Morgan fingerprint density at radius 2 is 1.89 bits per heavy atom. The SMILES string of the molecule is C=CC1C(OC2OC(CO)C(O)C(O)C2O)OC=C(C(=O)OC)C1C=Cc1cc(C(=O)O)c[n+](C)c1. The largest absolute Gasteiger partial charge is 0.477 e. The van der Waals surface area contributed by atoms with E-state index in [1.807, 2.05) is 0 Å². The lowest BCUT2D eigenvalue weighted by molar-refractivity contribution is -0.671. The Bertz CT molecular complexity index is 1040. The Kier molecular flexibility index (Phi) is 8.95. The van der Waals surface area contributed by atoms with Crippen LogP contribution < -0.4 is 4.57 Å². The van der Waals surface area contributed by atoms with Crippen LogP contribution in [0.5, 0.6) is 0 Å². The number of allylic oxidation sites excluding steroid dienone is 1. The zero-order chi connectivity index (χ0) is 26.6. The average Bonchev–Trinajstić information content (AvgIpc) is 2.86. The third-order valence-corrected chi connectivity index (χ3v) is 5.99. The quantitative estimate of drug-likeness (QED) is 0.163. The van der Waals surface area contributed by atoms with Crippen LogP contribution in [0.1, 0.15) is 15.9 Å². The van der Waals surface area contributed by atoms with Crippen molar-refractivity contribution < 1.29 is 58.6 Å². The number of pyridine rings is 1. The molecular formula is C24H30NO11+. The van der Waals surface area contributed by atoms with Crippen LogP contribution in [0.25, 0.3) is 6.08 Å². The van der Waals surface area contributed by atoms with Gasteiger partial charge in [-0.1, -0.05) is 18.2 Å². The second kappa shape index (κ2) is 11.7. The summed E-state index contributed by atoms with van der Waals surface area (Å²) in [6, 6.07) is 1.46. The number of aryl methyl sites for hydroxylation is 1. The molecule has 2 aliphatic rings. The molecule has 5 N–H and O–H groups in total. The van der Waals surface area contributed by atoms with E-state index in [0.29, 0.717) is 5.56 Å². The molecular weight excluding hydrogens is 478 g/mol. The molecule has 0 radical (unpaired) electrons. The highest BCUT2D eigenvalue weighted by Crippen LogP contribution is 2.36. The minimum absolute atomic E-state index is 0.0689. The van der Waals surface area contributed by atoms with Crippen LogP contribution in [0, 0.1) is 11.8 Å². The number of esters is 1. The average molecular weight is 509 g/mol. The highest BCUT2D eigenvalue weighted by molar-refractivity contribution is 5.90. The molecule has 3 heterocycles. The highest BCUT2D eigenvalue weighted by Gasteiger charge is 2.47. The molecule has 1 aromatic rings. The maximum Gasteiger partial charge on any atom is 0.341 e. The molecule has 0 amide bonds. The summed E-state index contributed by atoms with van der Waals surface area (Å²) in [5, 5.41) is 49.1. The number of aliphatic hydroxyl groups is 4. The van der Waals surface area contributed by atoms with E-state index in [-0.39, 0.29) is 11.1 Å². The van der Waals surface area contributed by atoms with Crippen molar-refractivity contribution in [3.8, 4) is 0 Å². The summed E-state index contributed by atoms with van der Waals surface area (Å²) in [6.07, 6.45) is 0.334. The lowest BCUT2D eigenvalue weighted by atomic mass is 9.83. The highest BCUT2D eigenvalue weighted by atomic mass is 16.8. The number of hydrogen-bond donors (Lipinski definition) is 5. The topological polar surface area (TPSA) is 176 Å². The molecule has 12 heteroatoms. The first-order valence-electron chi connectivity index (χ1n) is 11.1. The molecule has 0 aromatic carbocycles. The van der Waals surface area contributed by atoms with E-state index in [9.17, 15) is 35.1 Å². The molecule has 1 fully saturated rings. The van der Waals surface area contributed by atoms with Gasteiger partial charge in [0.15, 0.2) is 18.7 Å². The number of aliphatic hydroxyl groups excluding tert-OH is 4. The number of ether oxygens (including phenoxy) is 4. The lowest BCUT2D eigenvalue weighted by Gasteiger charge is -2.42. The van der Waals surface area contributed by atoms with Gasteiger partial charge in [0.2, 0.25) is 6.29 Å². The van der Waals surface area contributed by atoms with Gasteiger partial charge in [-0.25, -0.2) is 14.2 Å². The maximum atomic E-state index is 12.4. The van der Waals surface area contributed by atoms with E-state index < -0.39 is 67.4 Å². The van der Waals surface area contributed by atoms with Crippen LogP contribution in [0.15, 0.2) is 49.0 Å². The van der Waals surface area contributed by atoms with Gasteiger partial charge in [0.25, 0.3) is 0 Å². The van der Waals surface area contributed by atoms with Gasteiger partial charge in [-0.3, -0.25) is 0 Å². The predicted octanol–water partition coefficient (Wildman–Crippen LogP) is -1.13. The number of nitrogens with zero attached hydrogens (tertiary/aromatic N) is 1. The first kappa shape index (κ1) is 27.5. The number of hydrogen-bond acceptors (Lipinski definition) is 10. The third kappa shape index (κ3) is 5.81. The molecule has 12 nitrogen and oxygen atoms in total. The molecule has 0 bridgehead atoms. The smallest absolute Gasteiger partial charge is 0.341 e. The summed E-state index contributed by atoms with van der Waals surface area (Å²) >= 11 is 0. The van der Waals surface area contributed by atoms with Crippen LogP contribution in [-0.2, 0) is 30.8 Å². The Labute approximate surface area is 206 Å². The monoisotopic (exact) mass is 508 g/mol. The van der Waals surface area contributed by atoms with Crippen LogP contribution >= 0.6 is 0 Å². The molecule has 1 aromatic heterocycles. The minimum atomic E-state index is -1.66. The summed E-state index contributed by atoms with van der Waals surface area (Å²) in [4.78, 5) is 23.8. The van der Waals surface area contributed by atoms with Crippen molar-refractivity contribution in [1.29, 1.82) is 0 Å². The van der Waals surface area contributed by atoms with Crippen molar-refractivity contribution >= 4 is 18.0 Å². The molecule has 36 heavy (non-hydrogen) atoms. The molecule has 8 unspecified atom stereocenters. The normalized spacial score (nSPS) is 32.4. The summed E-state index contributed by atoms with van der Waals surface area (Å²) < 4.78 is 23.2. The maximum absolute atomic E-state index is 12.4. The van der Waals surface area contributed by atoms with Crippen molar-refractivity contribution in [3.63, 3.8) is 0 Å². The number of carbonyl (C=O) groups is 2. The summed E-state index contributed by atoms with van der Waals surface area (Å²) in [6.45, 7) is 3.16. The molecule has 1 saturated heterocycles. The molecule has 0 spiro atoms. The van der Waals surface area contributed by atoms with Crippen LogP contribution in [0.3, 0.4) is 0 Å². The Balaban J connectivity index is 1.91. The molecule has 0 aliphatic carbocycles. The van der Waals surface area contributed by atoms with Gasteiger partial charge in [0, 0.05) is 11.5 Å². The van der Waals surface area contributed by atoms with Crippen LogP contribution in [0.4, 0.5) is 0 Å². The van der Waals surface area contributed by atoms with Crippen molar-refractivity contribution in [3.05, 3.63) is 60.2 Å². The standard InChI is InChI=1S/C24H29NO11/c1-4-14-15(6-5-12-7-13(21(30)31)9-25(2)8-12)16(22(32)33-3)11-34-23(14)36-24-20(29)19(28)18(27)17(10-26)35-24/h4-9,11,14-15,17-20,23-24,26-29H,1,10H2,2-3H3/p+1. The second-order valence-corrected chi connectivity index (χ2v) is 8.43. The van der Waals surface area contributed by atoms with Crippen molar-refractivity contribution in [2.45, 2.75) is 37.0 Å². The molecule has 8 atom stereocenters. The number of carboxylic acid groups (broad SMARTS) is 1. The van der Waals surface area contributed by atoms with E-state index in [1.165, 1.54) is 25.4 Å². The van der Waals surface area contributed by atoms with Gasteiger partial charge >= 0.3 is 11.9 Å². The van der Waals surface area contributed by atoms with Crippen molar-refractivity contribution in [1.82, 2.24) is 0 Å². The van der Waals surface area contributed by atoms with E-state index in [1.54, 1.807) is 30.0 Å². The molecule has 196 valence electrons. The van der Waals surface area contributed by atoms with E-state index in [2.05, 4.69) is 6.58 Å². The number of carboxylic acids is 1. The predicted molar refractivity (Wildman–Crippen MR) is 121 cm³/mol. The zero-order valence-corrected chi connectivity index (χ0v) is 19.7. The third-order valence-electron chi connectivity index (χ3n) is 5.99. The second-order valence-electron chi connectivity index (χ2n) is 8.43. The molecule has 3 rings (SSSR count). The van der Waals surface area contributed by atoms with Crippen molar-refractivity contribution in [2.24, 2.45) is 18.9 Å². The molecule has 2 aliphatic heterocycles. The summed E-state index contributed by atoms with van der Waals surface area (Å²) in [5.74, 6) is -3.21. The summed E-state index contributed by atoms with van der Waals surface area (Å²) in [7, 11) is 2.88. The van der Waals surface area contributed by atoms with Gasteiger partial charge in [0.05, 0.1) is 31.5 Å². The Morgan fingerprint density at radius 1 is 1.17 bits per heavy atom. The number of aromatic nitrogens is 1. The van der Waals surface area contributed by atoms with E-state index in [4.69, 9.17) is 18.9 Å². The van der Waals surface area contributed by atoms with Crippen LogP contribution in [-0.4, -0.2) is 88.2 Å². The Hall–Kier alpha value is -3.13. The van der Waals surface area contributed by atoms with E-state index in [0.717, 1.165) is 6.26 Å². The van der Waals surface area contributed by atoms with Gasteiger partial charge in [-0.2, -0.15) is 0 Å². The number of rotatable bonds is 8. The van der Waals surface area contributed by atoms with Crippen LogP contribution in [0.2, 0.25) is 0 Å². The fourth-order valence-corrected chi connectivity index (χ4v) is 4.08. The van der Waals surface area contributed by atoms with Gasteiger partial charge in [-0.05, 0) is 6.07 Å². The number of aromatic carboxylic acids is 1.